The molecule has 0 aliphatic carbocycles. The summed E-state index contributed by atoms with van der Waals surface area (Å²) in [5.74, 6) is 0. The SMILES string of the molecule is N#Cc1cc(S(=O)(=O)N2CCC(N3CCNCC3)C2)ccc1C(F)(F)F. The smallest absolute Gasteiger partial charge is 0.314 e. The zero-order chi connectivity index (χ0) is 18.9. The van der Waals surface area contributed by atoms with Gasteiger partial charge in [0.25, 0.3) is 0 Å². The summed E-state index contributed by atoms with van der Waals surface area (Å²) in [4.78, 5) is 1.96. The maximum Gasteiger partial charge on any atom is 0.417 e. The van der Waals surface area contributed by atoms with Crippen LogP contribution in [0.4, 0.5) is 13.2 Å². The van der Waals surface area contributed by atoms with Crippen molar-refractivity contribution in [1.29, 1.82) is 5.26 Å². The minimum Gasteiger partial charge on any atom is -0.314 e. The van der Waals surface area contributed by atoms with E-state index in [1.165, 1.54) is 10.4 Å². The second-order valence-electron chi connectivity index (χ2n) is 6.41. The van der Waals surface area contributed by atoms with Crippen LogP contribution in [0.3, 0.4) is 0 Å². The average Bonchev–Trinajstić information content (AvgIpc) is 3.12. The van der Waals surface area contributed by atoms with Gasteiger partial charge in [-0.25, -0.2) is 8.42 Å². The molecule has 0 amide bonds. The van der Waals surface area contributed by atoms with E-state index in [1.807, 2.05) is 0 Å². The molecule has 2 aliphatic heterocycles. The summed E-state index contributed by atoms with van der Waals surface area (Å²) < 4.78 is 65.6. The van der Waals surface area contributed by atoms with Crippen LogP contribution in [0.5, 0.6) is 0 Å². The fourth-order valence-corrected chi connectivity index (χ4v) is 4.97. The van der Waals surface area contributed by atoms with Gasteiger partial charge in [-0.05, 0) is 24.6 Å². The van der Waals surface area contributed by atoms with E-state index in [2.05, 4.69) is 10.2 Å². The Bertz CT molecular complexity index is 814. The lowest BCUT2D eigenvalue weighted by Gasteiger charge is -2.32. The van der Waals surface area contributed by atoms with Crippen LogP contribution in [0.15, 0.2) is 23.1 Å². The zero-order valence-electron chi connectivity index (χ0n) is 14.0. The normalized spacial score (nSPS) is 23.1. The first-order valence-electron chi connectivity index (χ1n) is 8.30. The van der Waals surface area contributed by atoms with Crippen molar-refractivity contribution in [3.8, 4) is 6.07 Å². The van der Waals surface area contributed by atoms with E-state index in [4.69, 9.17) is 5.26 Å². The van der Waals surface area contributed by atoms with Crippen LogP contribution in [0, 0.1) is 11.3 Å². The van der Waals surface area contributed by atoms with Gasteiger partial charge in [0.2, 0.25) is 10.0 Å². The van der Waals surface area contributed by atoms with E-state index >= 15 is 0 Å². The highest BCUT2D eigenvalue weighted by atomic mass is 32.2. The topological polar surface area (TPSA) is 76.4 Å². The molecule has 1 aromatic carbocycles. The summed E-state index contributed by atoms with van der Waals surface area (Å²) >= 11 is 0. The molecule has 26 heavy (non-hydrogen) atoms. The number of nitriles is 1. The number of halogens is 3. The Morgan fingerprint density at radius 3 is 2.50 bits per heavy atom. The minimum atomic E-state index is -4.70. The van der Waals surface area contributed by atoms with Crippen molar-refractivity contribution < 1.29 is 21.6 Å². The second kappa shape index (κ2) is 7.15. The number of sulfonamides is 1. The van der Waals surface area contributed by atoms with Crippen molar-refractivity contribution in [3.63, 3.8) is 0 Å². The average molecular weight is 388 g/mol. The summed E-state index contributed by atoms with van der Waals surface area (Å²) in [5.41, 5.74) is -1.81. The molecule has 1 atom stereocenters. The molecule has 0 aromatic heterocycles. The third-order valence-electron chi connectivity index (χ3n) is 4.85. The number of alkyl halides is 3. The number of nitrogens with one attached hydrogen (secondary N) is 1. The first-order valence-corrected chi connectivity index (χ1v) is 9.74. The molecule has 0 saturated carbocycles. The Labute approximate surface area is 150 Å². The quantitative estimate of drug-likeness (QED) is 0.843. The fourth-order valence-electron chi connectivity index (χ4n) is 3.45. The first-order chi connectivity index (χ1) is 12.2. The van der Waals surface area contributed by atoms with Gasteiger partial charge in [0.1, 0.15) is 0 Å². The Morgan fingerprint density at radius 2 is 1.88 bits per heavy atom. The van der Waals surface area contributed by atoms with Crippen LogP contribution in [0.25, 0.3) is 0 Å². The molecular weight excluding hydrogens is 369 g/mol. The molecule has 0 radical (unpaired) electrons. The second-order valence-corrected chi connectivity index (χ2v) is 8.35. The highest BCUT2D eigenvalue weighted by Crippen LogP contribution is 2.33. The number of hydrogen-bond acceptors (Lipinski definition) is 5. The molecule has 2 aliphatic rings. The molecule has 0 spiro atoms. The van der Waals surface area contributed by atoms with Gasteiger partial charge < -0.3 is 5.32 Å². The molecule has 1 N–H and O–H groups in total. The van der Waals surface area contributed by atoms with Gasteiger partial charge in [-0.2, -0.15) is 22.7 Å². The molecule has 6 nitrogen and oxygen atoms in total. The van der Waals surface area contributed by atoms with E-state index in [9.17, 15) is 21.6 Å². The molecule has 1 unspecified atom stereocenters. The largest absolute Gasteiger partial charge is 0.417 e. The summed E-state index contributed by atoms with van der Waals surface area (Å²) in [6.07, 6.45) is -4.01. The molecule has 10 heteroatoms. The van der Waals surface area contributed by atoms with Crippen molar-refractivity contribution in [2.45, 2.75) is 23.5 Å². The predicted octanol–water partition coefficient (Wildman–Crippen LogP) is 1.25. The van der Waals surface area contributed by atoms with Gasteiger partial charge in [-0.15, -0.1) is 0 Å². The van der Waals surface area contributed by atoms with E-state index in [0.717, 1.165) is 38.3 Å². The molecule has 2 fully saturated rings. The number of piperazine rings is 1. The van der Waals surface area contributed by atoms with Crippen molar-refractivity contribution in [2.75, 3.05) is 39.3 Å². The van der Waals surface area contributed by atoms with Crippen LogP contribution in [0.1, 0.15) is 17.5 Å². The number of rotatable bonds is 3. The minimum absolute atomic E-state index is 0.108. The van der Waals surface area contributed by atoms with E-state index in [0.29, 0.717) is 25.6 Å². The molecular formula is C16H19F3N4O2S. The van der Waals surface area contributed by atoms with Gasteiger partial charge >= 0.3 is 6.18 Å². The number of nitrogens with zero attached hydrogens (tertiary/aromatic N) is 3. The highest BCUT2D eigenvalue weighted by Gasteiger charge is 2.38. The van der Waals surface area contributed by atoms with Gasteiger partial charge in [0.15, 0.2) is 0 Å². The van der Waals surface area contributed by atoms with Crippen molar-refractivity contribution >= 4 is 10.0 Å². The first kappa shape index (κ1) is 19.1. The maximum absolute atomic E-state index is 12.9. The predicted molar refractivity (Wildman–Crippen MR) is 87.8 cm³/mol. The third kappa shape index (κ3) is 3.71. The van der Waals surface area contributed by atoms with Gasteiger partial charge in [0, 0.05) is 45.3 Å². The van der Waals surface area contributed by atoms with Crippen LogP contribution in [0.2, 0.25) is 0 Å². The van der Waals surface area contributed by atoms with Crippen LogP contribution >= 0.6 is 0 Å². The van der Waals surface area contributed by atoms with Crippen LogP contribution in [-0.4, -0.2) is 62.9 Å². The summed E-state index contributed by atoms with van der Waals surface area (Å²) in [6.45, 7) is 4.03. The zero-order valence-corrected chi connectivity index (χ0v) is 14.8. The molecule has 3 rings (SSSR count). The molecule has 1 aromatic rings. The van der Waals surface area contributed by atoms with Crippen LogP contribution < -0.4 is 5.32 Å². The Hall–Kier alpha value is -1.67. The van der Waals surface area contributed by atoms with Gasteiger partial charge in [-0.1, -0.05) is 0 Å². The Balaban J connectivity index is 1.81. The molecule has 2 saturated heterocycles. The van der Waals surface area contributed by atoms with E-state index < -0.39 is 27.3 Å². The number of hydrogen-bond donors (Lipinski definition) is 1. The summed E-state index contributed by atoms with van der Waals surface area (Å²) in [6, 6.07) is 3.96. The third-order valence-corrected chi connectivity index (χ3v) is 6.71. The standard InChI is InChI=1S/C16H19F3N4O2S/c17-16(18,19)15-2-1-14(9-12(15)10-20)26(24,25)23-6-3-13(11-23)22-7-4-21-5-8-22/h1-2,9,13,21H,3-8,11H2. The van der Waals surface area contributed by atoms with Crippen molar-refractivity contribution in [2.24, 2.45) is 0 Å². The lowest BCUT2D eigenvalue weighted by Crippen LogP contribution is -2.49. The van der Waals surface area contributed by atoms with Gasteiger partial charge in [0.05, 0.1) is 22.1 Å². The summed E-state index contributed by atoms with van der Waals surface area (Å²) in [7, 11) is -3.93. The van der Waals surface area contributed by atoms with Gasteiger partial charge in [-0.3, -0.25) is 4.90 Å². The lowest BCUT2D eigenvalue weighted by molar-refractivity contribution is -0.137. The molecule has 0 bridgehead atoms. The Morgan fingerprint density at radius 1 is 1.19 bits per heavy atom. The summed E-state index contributed by atoms with van der Waals surface area (Å²) in [5, 5.41) is 12.2. The van der Waals surface area contributed by atoms with Crippen molar-refractivity contribution in [3.05, 3.63) is 29.3 Å². The fraction of sp³-hybridized carbons (Fsp3) is 0.562. The number of benzene rings is 1. The molecule has 142 valence electrons. The highest BCUT2D eigenvalue weighted by molar-refractivity contribution is 7.89. The van der Waals surface area contributed by atoms with E-state index in [1.54, 1.807) is 0 Å². The molecule has 2 heterocycles. The maximum atomic E-state index is 12.9. The van der Waals surface area contributed by atoms with E-state index in [-0.39, 0.29) is 10.9 Å². The van der Waals surface area contributed by atoms with Crippen LogP contribution in [-0.2, 0) is 16.2 Å². The van der Waals surface area contributed by atoms with Crippen molar-refractivity contribution in [1.82, 2.24) is 14.5 Å². The monoisotopic (exact) mass is 388 g/mol. The lowest BCUT2D eigenvalue weighted by atomic mass is 10.1. The Kier molecular flexibility index (Phi) is 5.25.